The van der Waals surface area contributed by atoms with Crippen molar-refractivity contribution in [2.75, 3.05) is 0 Å². The quantitative estimate of drug-likeness (QED) is 0.648. The molecule has 0 unspecified atom stereocenters. The standard InChI is InChI=1S/C19H24N.C2H6.Y/c1-15-10-11-18(13-19(3,4)12-16(15)2)20-14-17-8-6-5-7-9-17;1-2;/h5-6,8-11,20H,2,12-14H2,1,3-4H3;1-2H3;/q-1;;/b15-10+,18-11+;;. The van der Waals surface area contributed by atoms with Crippen molar-refractivity contribution in [3.05, 3.63) is 71.5 Å². The van der Waals surface area contributed by atoms with Gasteiger partial charge in [-0.2, -0.15) is 30.3 Å². The third kappa shape index (κ3) is 8.13. The first-order valence-corrected chi connectivity index (χ1v) is 8.21. The molecule has 0 heterocycles. The van der Waals surface area contributed by atoms with Crippen molar-refractivity contribution in [3.63, 3.8) is 0 Å². The molecule has 1 nitrogen and oxygen atoms in total. The molecule has 0 saturated heterocycles. The van der Waals surface area contributed by atoms with Gasteiger partial charge in [-0.15, -0.1) is 5.56 Å². The molecular formula is C21H30NY-. The zero-order chi connectivity index (χ0) is 16.6. The first kappa shape index (κ1) is 22.3. The third-order valence-corrected chi connectivity index (χ3v) is 3.74. The van der Waals surface area contributed by atoms with E-state index in [9.17, 15) is 0 Å². The fraction of sp³-hybridized carbons (Fsp3) is 0.429. The summed E-state index contributed by atoms with van der Waals surface area (Å²) in [4.78, 5) is 0. The average molecular weight is 385 g/mol. The van der Waals surface area contributed by atoms with Crippen molar-refractivity contribution >= 4 is 0 Å². The van der Waals surface area contributed by atoms with Crippen LogP contribution in [0.25, 0.3) is 0 Å². The van der Waals surface area contributed by atoms with Gasteiger partial charge >= 0.3 is 0 Å². The topological polar surface area (TPSA) is 12.0 Å². The van der Waals surface area contributed by atoms with Gasteiger partial charge in [-0.3, -0.25) is 0 Å². The van der Waals surface area contributed by atoms with Gasteiger partial charge < -0.3 is 5.32 Å². The smallest absolute Gasteiger partial charge is 0.0106 e. The Labute approximate surface area is 168 Å². The van der Waals surface area contributed by atoms with E-state index >= 15 is 0 Å². The molecule has 23 heavy (non-hydrogen) atoms. The zero-order valence-electron chi connectivity index (χ0n) is 15.4. The molecule has 123 valence electrons. The van der Waals surface area contributed by atoms with E-state index in [0.29, 0.717) is 0 Å². The SMILES string of the molecule is C=C1CC(C)(C)C/C(NCc2c[c-]ccc2)=C\C=C\1C.CC.[Y]. The van der Waals surface area contributed by atoms with Crippen LogP contribution in [-0.2, 0) is 39.3 Å². The maximum absolute atomic E-state index is 4.19. The number of rotatable bonds is 3. The van der Waals surface area contributed by atoms with Gasteiger partial charge in [0, 0.05) is 38.4 Å². The number of benzene rings is 1. The predicted molar refractivity (Wildman–Crippen MR) is 97.5 cm³/mol. The van der Waals surface area contributed by atoms with E-state index in [2.05, 4.69) is 57.0 Å². The van der Waals surface area contributed by atoms with Crippen molar-refractivity contribution in [1.29, 1.82) is 0 Å². The van der Waals surface area contributed by atoms with Gasteiger partial charge in [0.1, 0.15) is 0 Å². The summed E-state index contributed by atoms with van der Waals surface area (Å²) >= 11 is 0. The van der Waals surface area contributed by atoms with Gasteiger partial charge in [0.25, 0.3) is 0 Å². The molecule has 1 aromatic rings. The molecule has 1 aliphatic carbocycles. The Morgan fingerprint density at radius 3 is 2.52 bits per heavy atom. The Morgan fingerprint density at radius 1 is 1.22 bits per heavy atom. The molecule has 1 radical (unpaired) electrons. The summed E-state index contributed by atoms with van der Waals surface area (Å²) in [6, 6.07) is 11.2. The third-order valence-electron chi connectivity index (χ3n) is 3.74. The summed E-state index contributed by atoms with van der Waals surface area (Å²) in [6.07, 6.45) is 6.48. The Morgan fingerprint density at radius 2 is 1.91 bits per heavy atom. The molecular weight excluding hydrogens is 355 g/mol. The van der Waals surface area contributed by atoms with Gasteiger partial charge in [0.2, 0.25) is 0 Å². The molecule has 0 saturated carbocycles. The minimum absolute atomic E-state index is 0. The van der Waals surface area contributed by atoms with E-state index in [1.165, 1.54) is 22.4 Å². The van der Waals surface area contributed by atoms with E-state index in [1.807, 2.05) is 32.0 Å². The number of hydrogen-bond donors (Lipinski definition) is 1. The molecule has 0 aromatic heterocycles. The second-order valence-corrected chi connectivity index (χ2v) is 6.43. The Kier molecular flexibility index (Phi) is 10.7. The van der Waals surface area contributed by atoms with E-state index < -0.39 is 0 Å². The second kappa shape index (κ2) is 11.0. The van der Waals surface area contributed by atoms with Crippen molar-refractivity contribution in [3.8, 4) is 0 Å². The minimum Gasteiger partial charge on any atom is -0.395 e. The number of allylic oxidation sites excluding steroid dienone is 5. The molecule has 0 amide bonds. The van der Waals surface area contributed by atoms with Crippen molar-refractivity contribution in [1.82, 2.24) is 5.32 Å². The Hall–Kier alpha value is -0.656. The normalized spacial score (nSPS) is 21.0. The first-order valence-electron chi connectivity index (χ1n) is 8.21. The van der Waals surface area contributed by atoms with E-state index in [1.54, 1.807) is 0 Å². The van der Waals surface area contributed by atoms with Gasteiger partial charge in [0.15, 0.2) is 0 Å². The Balaban J connectivity index is 0.00000155. The van der Waals surface area contributed by atoms with E-state index in [0.717, 1.165) is 19.4 Å². The van der Waals surface area contributed by atoms with Crippen LogP contribution in [0.2, 0.25) is 0 Å². The Bertz CT molecular complexity index is 538. The van der Waals surface area contributed by atoms with Crippen molar-refractivity contribution in [2.24, 2.45) is 5.41 Å². The molecule has 0 aliphatic heterocycles. The summed E-state index contributed by atoms with van der Waals surface area (Å²) in [5.41, 5.74) is 5.34. The summed E-state index contributed by atoms with van der Waals surface area (Å²) in [5.74, 6) is 0. The van der Waals surface area contributed by atoms with E-state index in [4.69, 9.17) is 0 Å². The van der Waals surface area contributed by atoms with Crippen LogP contribution in [0, 0.1) is 11.5 Å². The van der Waals surface area contributed by atoms with Crippen molar-refractivity contribution < 1.29 is 32.7 Å². The monoisotopic (exact) mass is 385 g/mol. The predicted octanol–water partition coefficient (Wildman–Crippen LogP) is 5.81. The van der Waals surface area contributed by atoms with Gasteiger partial charge in [0.05, 0.1) is 0 Å². The van der Waals surface area contributed by atoms with Crippen LogP contribution in [0.15, 0.2) is 59.8 Å². The van der Waals surface area contributed by atoms with Crippen LogP contribution in [0.3, 0.4) is 0 Å². The average Bonchev–Trinajstić information content (AvgIpc) is 2.51. The summed E-state index contributed by atoms with van der Waals surface area (Å²) in [5, 5.41) is 3.56. The van der Waals surface area contributed by atoms with Gasteiger partial charge in [-0.25, -0.2) is 0 Å². The van der Waals surface area contributed by atoms with Crippen molar-refractivity contribution in [2.45, 2.75) is 54.0 Å². The molecule has 1 aromatic carbocycles. The van der Waals surface area contributed by atoms with Crippen LogP contribution in [0.4, 0.5) is 0 Å². The number of hydrogen-bond acceptors (Lipinski definition) is 1. The zero-order valence-corrected chi connectivity index (χ0v) is 18.2. The van der Waals surface area contributed by atoms with Gasteiger partial charge in [-0.1, -0.05) is 45.9 Å². The number of nitrogens with one attached hydrogen (secondary N) is 1. The van der Waals surface area contributed by atoms with Crippen LogP contribution >= 0.6 is 0 Å². The fourth-order valence-corrected chi connectivity index (χ4v) is 2.58. The second-order valence-electron chi connectivity index (χ2n) is 6.43. The molecule has 0 atom stereocenters. The minimum atomic E-state index is 0. The van der Waals surface area contributed by atoms with E-state index in [-0.39, 0.29) is 38.1 Å². The maximum Gasteiger partial charge on any atom is 0.0106 e. The molecule has 1 aliphatic rings. The van der Waals surface area contributed by atoms with Crippen LogP contribution in [0.5, 0.6) is 0 Å². The van der Waals surface area contributed by atoms with Crippen LogP contribution in [0.1, 0.15) is 53.0 Å². The molecule has 1 N–H and O–H groups in total. The summed E-state index contributed by atoms with van der Waals surface area (Å²) in [6.45, 7) is 15.8. The molecule has 0 bridgehead atoms. The maximum atomic E-state index is 4.19. The molecule has 2 heteroatoms. The molecule has 0 spiro atoms. The summed E-state index contributed by atoms with van der Waals surface area (Å²) in [7, 11) is 0. The summed E-state index contributed by atoms with van der Waals surface area (Å²) < 4.78 is 0. The molecule has 0 fully saturated rings. The fourth-order valence-electron chi connectivity index (χ4n) is 2.58. The van der Waals surface area contributed by atoms with Gasteiger partial charge in [-0.05, 0) is 43.4 Å². The largest absolute Gasteiger partial charge is 0.395 e. The first-order chi connectivity index (χ1) is 10.5. The molecule has 2 rings (SSSR count). The van der Waals surface area contributed by atoms with Crippen LogP contribution < -0.4 is 5.32 Å². The van der Waals surface area contributed by atoms with Crippen LogP contribution in [-0.4, -0.2) is 0 Å².